The van der Waals surface area contributed by atoms with Crippen LogP contribution in [0.3, 0.4) is 0 Å². The van der Waals surface area contributed by atoms with Gasteiger partial charge in [-0.1, -0.05) is 44.0 Å². The molecule has 5 rings (SSSR count). The second-order valence-electron chi connectivity index (χ2n) is 10.1. The number of carbonyl (C=O) groups excluding carboxylic acids is 1. The first-order valence-electron chi connectivity index (χ1n) is 14.3. The summed E-state index contributed by atoms with van der Waals surface area (Å²) >= 11 is 0. The molecule has 0 saturated carbocycles. The van der Waals surface area contributed by atoms with E-state index in [9.17, 15) is 4.79 Å². The van der Waals surface area contributed by atoms with Gasteiger partial charge in [-0.3, -0.25) is 0 Å². The van der Waals surface area contributed by atoms with Gasteiger partial charge in [0.15, 0.2) is 11.3 Å². The van der Waals surface area contributed by atoms with E-state index in [2.05, 4.69) is 85.5 Å². The van der Waals surface area contributed by atoms with Gasteiger partial charge in [-0.2, -0.15) is 0 Å². The highest BCUT2D eigenvalue weighted by Gasteiger charge is 2.53. The summed E-state index contributed by atoms with van der Waals surface area (Å²) in [5.41, 5.74) is 4.99. The largest absolute Gasteiger partial charge is 0.493 e. The molecule has 39 heavy (non-hydrogen) atoms. The van der Waals surface area contributed by atoms with Crippen molar-refractivity contribution in [1.29, 1.82) is 0 Å². The summed E-state index contributed by atoms with van der Waals surface area (Å²) in [5.74, 6) is 0.329. The van der Waals surface area contributed by atoms with E-state index in [1.54, 1.807) is 6.20 Å². The number of nitrogens with zero attached hydrogens (tertiary/aromatic N) is 3. The average molecular weight is 526 g/mol. The van der Waals surface area contributed by atoms with E-state index in [1.807, 2.05) is 18.2 Å². The van der Waals surface area contributed by atoms with Crippen LogP contribution in [0.1, 0.15) is 79.8 Å². The van der Waals surface area contributed by atoms with Gasteiger partial charge >= 0.3 is 5.97 Å². The number of para-hydroxylation sites is 1. The number of ether oxygens (including phenoxy) is 2. The molecule has 1 atom stereocenters. The number of hydrogen-bond donors (Lipinski definition) is 0. The zero-order valence-corrected chi connectivity index (χ0v) is 23.8. The van der Waals surface area contributed by atoms with Crippen LogP contribution < -0.4 is 9.64 Å². The lowest BCUT2D eigenvalue weighted by atomic mass is 9.78. The predicted octanol–water partition coefficient (Wildman–Crippen LogP) is 7.24. The smallest absolute Gasteiger partial charge is 0.358 e. The van der Waals surface area contributed by atoms with Gasteiger partial charge in [-0.05, 0) is 58.4 Å². The van der Waals surface area contributed by atoms with Crippen LogP contribution in [0.25, 0.3) is 10.9 Å². The summed E-state index contributed by atoms with van der Waals surface area (Å²) in [5, 5.41) is 1.06. The van der Waals surface area contributed by atoms with Crippen LogP contribution in [0.2, 0.25) is 0 Å². The molecule has 6 heteroatoms. The van der Waals surface area contributed by atoms with E-state index in [1.165, 1.54) is 0 Å². The van der Waals surface area contributed by atoms with Gasteiger partial charge in [-0.15, -0.1) is 0 Å². The Morgan fingerprint density at radius 3 is 2.51 bits per heavy atom. The van der Waals surface area contributed by atoms with Crippen molar-refractivity contribution in [3.8, 4) is 5.75 Å². The van der Waals surface area contributed by atoms with Crippen molar-refractivity contribution < 1.29 is 14.3 Å². The lowest BCUT2D eigenvalue weighted by Crippen LogP contribution is -2.31. The van der Waals surface area contributed by atoms with Crippen molar-refractivity contribution in [2.75, 3.05) is 24.6 Å². The number of unbranched alkanes of at least 4 members (excludes halogenated alkanes) is 2. The van der Waals surface area contributed by atoms with E-state index in [4.69, 9.17) is 9.47 Å². The molecule has 3 heterocycles. The number of pyridine rings is 1. The number of benzene rings is 2. The minimum atomic E-state index is -1.19. The predicted molar refractivity (Wildman–Crippen MR) is 157 cm³/mol. The van der Waals surface area contributed by atoms with Gasteiger partial charge in [-0.25, -0.2) is 9.78 Å². The van der Waals surface area contributed by atoms with Gasteiger partial charge < -0.3 is 18.9 Å². The Morgan fingerprint density at radius 2 is 1.77 bits per heavy atom. The monoisotopic (exact) mass is 525 g/mol. The number of rotatable bonds is 11. The maximum Gasteiger partial charge on any atom is 0.358 e. The fraction of sp³-hybridized carbons (Fsp3) is 0.394. The van der Waals surface area contributed by atoms with Crippen LogP contribution in [-0.2, 0) is 16.9 Å². The first-order chi connectivity index (χ1) is 19.0. The Hall–Kier alpha value is -3.80. The van der Waals surface area contributed by atoms with Crippen LogP contribution in [0.4, 0.5) is 5.69 Å². The van der Waals surface area contributed by atoms with E-state index in [0.29, 0.717) is 12.3 Å². The summed E-state index contributed by atoms with van der Waals surface area (Å²) in [6.07, 6.45) is 4.83. The minimum absolute atomic E-state index is 0.356. The Kier molecular flexibility index (Phi) is 7.65. The molecular weight excluding hydrogens is 486 g/mol. The number of hydrogen-bond acceptors (Lipinski definition) is 5. The molecule has 1 aliphatic rings. The highest BCUT2D eigenvalue weighted by molar-refractivity contribution is 5.97. The van der Waals surface area contributed by atoms with Crippen LogP contribution in [0, 0.1) is 6.92 Å². The molecule has 0 saturated heterocycles. The topological polar surface area (TPSA) is 56.6 Å². The molecule has 1 unspecified atom stereocenters. The molecule has 0 N–H and O–H groups in total. The maximum absolute atomic E-state index is 13.5. The molecule has 0 spiro atoms. The van der Waals surface area contributed by atoms with Crippen LogP contribution in [0.15, 0.2) is 60.8 Å². The van der Waals surface area contributed by atoms with Gasteiger partial charge in [0, 0.05) is 70.9 Å². The normalized spacial score (nSPS) is 16.4. The molecule has 204 valence electrons. The fourth-order valence-electron chi connectivity index (χ4n) is 6.14. The Labute approximate surface area is 231 Å². The lowest BCUT2D eigenvalue weighted by Gasteiger charge is -2.33. The SMILES string of the molecule is CCCCCOc1cc(N(CC)CC)ccc1C1(c2c(C)n(CC)c3ccccc23)OC(=O)c2ncccc21. The van der Waals surface area contributed by atoms with E-state index in [-0.39, 0.29) is 0 Å². The van der Waals surface area contributed by atoms with E-state index in [0.717, 1.165) is 83.6 Å². The molecule has 2 aromatic heterocycles. The molecule has 0 fully saturated rings. The number of fused-ring (bicyclic) bond motifs is 2. The quantitative estimate of drug-likeness (QED) is 0.153. The van der Waals surface area contributed by atoms with Crippen molar-refractivity contribution in [2.45, 2.75) is 66.0 Å². The van der Waals surface area contributed by atoms with Gasteiger partial charge in [0.25, 0.3) is 0 Å². The van der Waals surface area contributed by atoms with Crippen molar-refractivity contribution in [1.82, 2.24) is 9.55 Å². The van der Waals surface area contributed by atoms with E-state index < -0.39 is 11.6 Å². The first kappa shape index (κ1) is 26.8. The second kappa shape index (κ2) is 11.1. The Bertz CT molecular complexity index is 1490. The van der Waals surface area contributed by atoms with Crippen LogP contribution in [-0.4, -0.2) is 35.2 Å². The van der Waals surface area contributed by atoms with Crippen LogP contribution >= 0.6 is 0 Å². The first-order valence-corrected chi connectivity index (χ1v) is 14.3. The van der Waals surface area contributed by atoms with Crippen molar-refractivity contribution in [3.05, 3.63) is 88.9 Å². The van der Waals surface area contributed by atoms with Gasteiger partial charge in [0.2, 0.25) is 0 Å². The van der Waals surface area contributed by atoms with E-state index >= 15 is 0 Å². The maximum atomic E-state index is 13.5. The lowest BCUT2D eigenvalue weighted by molar-refractivity contribution is 0.0243. The number of anilines is 1. The van der Waals surface area contributed by atoms with Crippen LogP contribution in [0.5, 0.6) is 5.75 Å². The molecule has 4 aromatic rings. The number of esters is 1. The molecule has 0 radical (unpaired) electrons. The molecule has 0 amide bonds. The molecular formula is C33H39N3O3. The third-order valence-corrected chi connectivity index (χ3v) is 8.00. The summed E-state index contributed by atoms with van der Waals surface area (Å²) in [6, 6.07) is 18.6. The standard InChI is InChI=1S/C33H39N3O3/c1-6-10-13-21-38-29-22-24(35(7-2)8-3)18-19-26(29)33(27-16-14-20-34-31(27)32(37)39-33)30-23(5)36(9-4)28-17-12-11-15-25(28)30/h11-12,14-20,22H,6-10,13,21H2,1-5H3. The summed E-state index contributed by atoms with van der Waals surface area (Å²) in [7, 11) is 0. The highest BCUT2D eigenvalue weighted by Crippen LogP contribution is 2.53. The summed E-state index contributed by atoms with van der Waals surface area (Å²) in [6.45, 7) is 14.0. The highest BCUT2D eigenvalue weighted by atomic mass is 16.6. The molecule has 0 aliphatic carbocycles. The van der Waals surface area contributed by atoms with Crippen molar-refractivity contribution in [3.63, 3.8) is 0 Å². The zero-order valence-electron chi connectivity index (χ0n) is 23.8. The number of cyclic esters (lactones) is 1. The second-order valence-corrected chi connectivity index (χ2v) is 10.1. The molecule has 6 nitrogen and oxygen atoms in total. The average Bonchev–Trinajstić information content (AvgIpc) is 3.42. The van der Waals surface area contributed by atoms with Gasteiger partial charge in [0.1, 0.15) is 5.75 Å². The fourth-order valence-corrected chi connectivity index (χ4v) is 6.14. The van der Waals surface area contributed by atoms with Gasteiger partial charge in [0.05, 0.1) is 6.61 Å². The summed E-state index contributed by atoms with van der Waals surface area (Å²) < 4.78 is 15.4. The Balaban J connectivity index is 1.84. The third-order valence-electron chi connectivity index (χ3n) is 8.00. The summed E-state index contributed by atoms with van der Waals surface area (Å²) in [4.78, 5) is 20.3. The van der Waals surface area contributed by atoms with Crippen molar-refractivity contribution in [2.24, 2.45) is 0 Å². The van der Waals surface area contributed by atoms with Crippen molar-refractivity contribution >= 4 is 22.6 Å². The molecule has 2 aromatic carbocycles. The number of carbonyl (C=O) groups is 1. The molecule has 1 aliphatic heterocycles. The minimum Gasteiger partial charge on any atom is -0.493 e. The zero-order chi connectivity index (χ0) is 27.6. The number of aromatic nitrogens is 2. The third kappa shape index (κ3) is 4.36. The number of aryl methyl sites for hydroxylation is 1. The Morgan fingerprint density at radius 1 is 0.974 bits per heavy atom. The molecule has 0 bridgehead atoms.